The number of carbonyl (C=O) groups excluding carboxylic acids is 1. The Kier molecular flexibility index (Phi) is 2.89. The Hall–Kier alpha value is -2.40. The van der Waals surface area contributed by atoms with E-state index in [0.717, 1.165) is 0 Å². The lowest BCUT2D eigenvalue weighted by molar-refractivity contribution is 0.102. The van der Waals surface area contributed by atoms with Crippen molar-refractivity contribution in [1.29, 1.82) is 0 Å². The van der Waals surface area contributed by atoms with Gasteiger partial charge in [0.25, 0.3) is 5.91 Å². The summed E-state index contributed by atoms with van der Waals surface area (Å²) in [4.78, 5) is 20.2. The van der Waals surface area contributed by atoms with E-state index in [2.05, 4.69) is 15.3 Å². The van der Waals surface area contributed by atoms with E-state index >= 15 is 0 Å². The van der Waals surface area contributed by atoms with Crippen LogP contribution in [0.2, 0.25) is 5.02 Å². The zero-order valence-electron chi connectivity index (χ0n) is 9.75. The molecule has 94 valence electrons. The lowest BCUT2D eigenvalue weighted by Crippen LogP contribution is -2.13. The number of nitrogens with one attached hydrogen (secondary N) is 1. The Labute approximate surface area is 113 Å². The maximum absolute atomic E-state index is 12.0. The highest BCUT2D eigenvalue weighted by Gasteiger charge is 2.11. The topological polar surface area (TPSA) is 59.3 Å². The monoisotopic (exact) mass is 272 g/mol. The Balaban J connectivity index is 1.89. The minimum Gasteiger partial charge on any atom is -0.305 e. The number of anilines is 1. The minimum atomic E-state index is -0.307. The molecule has 0 aromatic carbocycles. The van der Waals surface area contributed by atoms with Crippen molar-refractivity contribution in [2.75, 3.05) is 5.32 Å². The van der Waals surface area contributed by atoms with Gasteiger partial charge in [-0.05, 0) is 24.3 Å². The van der Waals surface area contributed by atoms with Crippen molar-refractivity contribution in [3.8, 4) is 0 Å². The van der Waals surface area contributed by atoms with Crippen molar-refractivity contribution in [1.82, 2.24) is 14.4 Å². The first-order valence-corrected chi connectivity index (χ1v) is 5.97. The van der Waals surface area contributed by atoms with Crippen LogP contribution in [0.25, 0.3) is 5.65 Å². The summed E-state index contributed by atoms with van der Waals surface area (Å²) in [5, 5.41) is 3.26. The molecule has 0 bridgehead atoms. The van der Waals surface area contributed by atoms with E-state index in [1.54, 1.807) is 53.3 Å². The van der Waals surface area contributed by atoms with Gasteiger partial charge >= 0.3 is 0 Å². The minimum absolute atomic E-state index is 0.307. The van der Waals surface area contributed by atoms with Gasteiger partial charge < -0.3 is 9.72 Å². The molecular weight excluding hydrogens is 264 g/mol. The zero-order valence-corrected chi connectivity index (χ0v) is 10.5. The highest BCUT2D eigenvalue weighted by molar-refractivity contribution is 6.30. The summed E-state index contributed by atoms with van der Waals surface area (Å²) in [7, 11) is 0. The highest BCUT2D eigenvalue weighted by atomic mass is 35.5. The highest BCUT2D eigenvalue weighted by Crippen LogP contribution is 2.12. The maximum atomic E-state index is 12.0. The van der Waals surface area contributed by atoms with E-state index in [1.807, 2.05) is 0 Å². The van der Waals surface area contributed by atoms with E-state index in [4.69, 9.17) is 11.6 Å². The van der Waals surface area contributed by atoms with Crippen LogP contribution in [0.1, 0.15) is 10.5 Å². The average molecular weight is 273 g/mol. The molecule has 0 atom stereocenters. The third-order valence-corrected chi connectivity index (χ3v) is 2.78. The van der Waals surface area contributed by atoms with Crippen LogP contribution in [0.15, 0.2) is 48.9 Å². The molecule has 19 heavy (non-hydrogen) atoms. The molecule has 0 saturated heterocycles. The second-order valence-corrected chi connectivity index (χ2v) is 4.34. The molecule has 0 radical (unpaired) electrons. The molecule has 0 unspecified atom stereocenters. The van der Waals surface area contributed by atoms with E-state index in [-0.39, 0.29) is 5.91 Å². The number of hydrogen-bond acceptors (Lipinski definition) is 3. The van der Waals surface area contributed by atoms with Crippen LogP contribution < -0.4 is 5.32 Å². The van der Waals surface area contributed by atoms with E-state index in [0.29, 0.717) is 22.2 Å². The fraction of sp³-hybridized carbons (Fsp3) is 0. The van der Waals surface area contributed by atoms with Gasteiger partial charge in [0.05, 0.1) is 5.02 Å². The number of imidazole rings is 1. The van der Waals surface area contributed by atoms with Gasteiger partial charge in [-0.3, -0.25) is 4.79 Å². The second-order valence-electron chi connectivity index (χ2n) is 3.91. The number of carbonyl (C=O) groups is 1. The van der Waals surface area contributed by atoms with Crippen molar-refractivity contribution in [2.24, 2.45) is 0 Å². The summed E-state index contributed by atoms with van der Waals surface area (Å²) in [6.07, 6.45) is 4.93. The SMILES string of the molecule is O=C(Nc1ccccn1)c1cn2cc(Cl)ccc2n1. The molecule has 1 N–H and O–H groups in total. The van der Waals surface area contributed by atoms with Crippen molar-refractivity contribution < 1.29 is 4.79 Å². The molecule has 0 fully saturated rings. The fourth-order valence-corrected chi connectivity index (χ4v) is 1.86. The Bertz CT molecular complexity index is 739. The van der Waals surface area contributed by atoms with Gasteiger partial charge in [-0.2, -0.15) is 0 Å². The summed E-state index contributed by atoms with van der Waals surface area (Å²) in [6.45, 7) is 0. The largest absolute Gasteiger partial charge is 0.305 e. The van der Waals surface area contributed by atoms with E-state index in [1.165, 1.54) is 0 Å². The molecule has 1 amide bonds. The normalized spacial score (nSPS) is 10.6. The van der Waals surface area contributed by atoms with Crippen LogP contribution in [0, 0.1) is 0 Å². The molecule has 5 nitrogen and oxygen atoms in total. The third-order valence-electron chi connectivity index (χ3n) is 2.55. The zero-order chi connectivity index (χ0) is 13.2. The van der Waals surface area contributed by atoms with Crippen molar-refractivity contribution in [2.45, 2.75) is 0 Å². The van der Waals surface area contributed by atoms with Crippen LogP contribution >= 0.6 is 11.6 Å². The summed E-state index contributed by atoms with van der Waals surface area (Å²) in [5.41, 5.74) is 0.975. The summed E-state index contributed by atoms with van der Waals surface area (Å²) < 4.78 is 1.70. The van der Waals surface area contributed by atoms with Crippen molar-refractivity contribution in [3.05, 3.63) is 59.6 Å². The number of halogens is 1. The number of aromatic nitrogens is 3. The number of nitrogens with zero attached hydrogens (tertiary/aromatic N) is 3. The van der Waals surface area contributed by atoms with Gasteiger partial charge in [0.1, 0.15) is 17.2 Å². The first kappa shape index (κ1) is 11.7. The molecule has 3 aromatic heterocycles. The predicted molar refractivity (Wildman–Crippen MR) is 72.4 cm³/mol. The Morgan fingerprint density at radius 3 is 2.89 bits per heavy atom. The number of amides is 1. The van der Waals surface area contributed by atoms with Crippen LogP contribution in [-0.2, 0) is 0 Å². The first-order chi connectivity index (χ1) is 9.22. The van der Waals surface area contributed by atoms with Gasteiger partial charge in [0.15, 0.2) is 0 Å². The molecule has 0 aliphatic carbocycles. The van der Waals surface area contributed by atoms with Gasteiger partial charge in [0.2, 0.25) is 0 Å². The molecule has 3 rings (SSSR count). The van der Waals surface area contributed by atoms with E-state index in [9.17, 15) is 4.79 Å². The predicted octanol–water partition coefficient (Wildman–Crippen LogP) is 2.64. The Morgan fingerprint density at radius 1 is 1.21 bits per heavy atom. The quantitative estimate of drug-likeness (QED) is 0.780. The smallest absolute Gasteiger partial charge is 0.277 e. The van der Waals surface area contributed by atoms with Gasteiger partial charge in [-0.1, -0.05) is 17.7 Å². The number of pyridine rings is 2. The fourth-order valence-electron chi connectivity index (χ4n) is 1.69. The number of rotatable bonds is 2. The molecule has 0 saturated carbocycles. The lowest BCUT2D eigenvalue weighted by Gasteiger charge is -2.00. The Morgan fingerprint density at radius 2 is 2.11 bits per heavy atom. The summed E-state index contributed by atoms with van der Waals surface area (Å²) >= 11 is 5.88. The molecule has 0 aliphatic rings. The number of hydrogen-bond donors (Lipinski definition) is 1. The standard InChI is InChI=1S/C13H9ClN4O/c14-9-4-5-12-16-10(8-18(12)7-9)13(19)17-11-3-1-2-6-15-11/h1-8H,(H,15,17,19). The molecule has 0 aliphatic heterocycles. The van der Waals surface area contributed by atoms with Crippen LogP contribution in [0.4, 0.5) is 5.82 Å². The number of fused-ring (bicyclic) bond motifs is 1. The summed E-state index contributed by atoms with van der Waals surface area (Å²) in [5.74, 6) is 0.182. The van der Waals surface area contributed by atoms with Crippen LogP contribution in [0.3, 0.4) is 0 Å². The van der Waals surface area contributed by atoms with Gasteiger partial charge in [0, 0.05) is 18.6 Å². The average Bonchev–Trinajstić information content (AvgIpc) is 2.83. The molecular formula is C13H9ClN4O. The van der Waals surface area contributed by atoms with Gasteiger partial charge in [-0.15, -0.1) is 0 Å². The van der Waals surface area contributed by atoms with Crippen molar-refractivity contribution in [3.63, 3.8) is 0 Å². The van der Waals surface area contributed by atoms with Gasteiger partial charge in [-0.25, -0.2) is 9.97 Å². The third kappa shape index (κ3) is 2.41. The maximum Gasteiger partial charge on any atom is 0.277 e. The van der Waals surface area contributed by atoms with E-state index < -0.39 is 0 Å². The summed E-state index contributed by atoms with van der Waals surface area (Å²) in [6, 6.07) is 8.77. The molecule has 3 heterocycles. The van der Waals surface area contributed by atoms with Crippen LogP contribution in [-0.4, -0.2) is 20.3 Å². The molecule has 3 aromatic rings. The molecule has 6 heteroatoms. The first-order valence-electron chi connectivity index (χ1n) is 5.59. The lowest BCUT2D eigenvalue weighted by atomic mass is 10.4. The second kappa shape index (κ2) is 4.70. The van der Waals surface area contributed by atoms with Crippen LogP contribution in [0.5, 0.6) is 0 Å². The van der Waals surface area contributed by atoms with Crippen molar-refractivity contribution >= 4 is 29.0 Å². The molecule has 0 spiro atoms.